The predicted octanol–water partition coefficient (Wildman–Crippen LogP) is 1.77. The first-order valence-corrected chi connectivity index (χ1v) is 5.01. The highest BCUT2D eigenvalue weighted by molar-refractivity contribution is 5.48. The lowest BCUT2D eigenvalue weighted by atomic mass is 10.0. The summed E-state index contributed by atoms with van der Waals surface area (Å²) < 4.78 is 0. The van der Waals surface area contributed by atoms with Crippen LogP contribution in [0, 0.1) is 5.92 Å². The minimum Gasteiger partial charge on any atom is -0.508 e. The summed E-state index contributed by atoms with van der Waals surface area (Å²) in [6.07, 6.45) is 3.50. The van der Waals surface area contributed by atoms with Crippen LogP contribution in [0.5, 0.6) is 5.75 Å². The van der Waals surface area contributed by atoms with Gasteiger partial charge in [0.15, 0.2) is 0 Å². The van der Waals surface area contributed by atoms with Crippen molar-refractivity contribution in [3.8, 4) is 5.75 Å². The number of benzene rings is 1. The van der Waals surface area contributed by atoms with Crippen LogP contribution in [-0.4, -0.2) is 5.11 Å². The summed E-state index contributed by atoms with van der Waals surface area (Å²) in [5, 5.41) is 9.60. The van der Waals surface area contributed by atoms with E-state index in [0.29, 0.717) is 5.69 Å². The minimum absolute atomic E-state index is 0.0778. The molecule has 1 fully saturated rings. The van der Waals surface area contributed by atoms with Gasteiger partial charge in [0.05, 0.1) is 0 Å². The molecule has 1 aliphatic rings. The number of hydrogen-bond acceptors (Lipinski definition) is 3. The van der Waals surface area contributed by atoms with Gasteiger partial charge in [-0.25, -0.2) is 0 Å². The second-order valence-electron chi connectivity index (χ2n) is 4.10. The fourth-order valence-electron chi connectivity index (χ4n) is 1.71. The largest absolute Gasteiger partial charge is 0.508 e. The molecule has 14 heavy (non-hydrogen) atoms. The summed E-state index contributed by atoms with van der Waals surface area (Å²) in [7, 11) is 0. The molecule has 0 saturated heterocycles. The predicted molar refractivity (Wildman–Crippen MR) is 56.8 cm³/mol. The summed E-state index contributed by atoms with van der Waals surface area (Å²) in [6, 6.07) is 4.98. The number of rotatable bonds is 3. The molecule has 1 saturated carbocycles. The van der Waals surface area contributed by atoms with Gasteiger partial charge in [0, 0.05) is 17.3 Å². The summed E-state index contributed by atoms with van der Waals surface area (Å²) in [5.41, 5.74) is 13.1. The molecule has 1 aliphatic carbocycles. The Labute approximate surface area is 83.7 Å². The van der Waals surface area contributed by atoms with Gasteiger partial charge in [0.2, 0.25) is 0 Å². The van der Waals surface area contributed by atoms with E-state index in [2.05, 4.69) is 0 Å². The third kappa shape index (κ3) is 1.99. The first-order chi connectivity index (χ1) is 6.66. The standard InChI is InChI=1S/C11H16N2O/c12-8-3-4-11(14)9(6-8)10(13)5-7-1-2-7/h3-4,6-7,10,14H,1-2,5,12-13H2/t10-/m1/s1. The maximum atomic E-state index is 9.60. The fourth-order valence-corrected chi connectivity index (χ4v) is 1.71. The monoisotopic (exact) mass is 192 g/mol. The van der Waals surface area contributed by atoms with E-state index in [1.54, 1.807) is 18.2 Å². The van der Waals surface area contributed by atoms with E-state index in [0.717, 1.165) is 17.9 Å². The summed E-state index contributed by atoms with van der Waals surface area (Å²) in [6.45, 7) is 0. The molecule has 3 nitrogen and oxygen atoms in total. The zero-order valence-electron chi connectivity index (χ0n) is 8.11. The fraction of sp³-hybridized carbons (Fsp3) is 0.455. The van der Waals surface area contributed by atoms with E-state index >= 15 is 0 Å². The Balaban J connectivity index is 2.15. The van der Waals surface area contributed by atoms with E-state index in [4.69, 9.17) is 11.5 Å². The highest BCUT2D eigenvalue weighted by Crippen LogP contribution is 2.38. The van der Waals surface area contributed by atoms with Gasteiger partial charge in [-0.15, -0.1) is 0 Å². The molecule has 0 bridgehead atoms. The summed E-state index contributed by atoms with van der Waals surface area (Å²) >= 11 is 0. The Bertz CT molecular complexity index is 334. The average Bonchev–Trinajstić information content (AvgIpc) is 2.93. The topological polar surface area (TPSA) is 72.3 Å². The summed E-state index contributed by atoms with van der Waals surface area (Å²) in [5.74, 6) is 1.01. The van der Waals surface area contributed by atoms with Crippen LogP contribution in [-0.2, 0) is 0 Å². The highest BCUT2D eigenvalue weighted by atomic mass is 16.3. The quantitative estimate of drug-likeness (QED) is 0.505. The lowest BCUT2D eigenvalue weighted by molar-refractivity contribution is 0.455. The maximum absolute atomic E-state index is 9.60. The van der Waals surface area contributed by atoms with Crippen molar-refractivity contribution in [1.29, 1.82) is 0 Å². The van der Waals surface area contributed by atoms with E-state index in [1.165, 1.54) is 12.8 Å². The van der Waals surface area contributed by atoms with Crippen molar-refractivity contribution < 1.29 is 5.11 Å². The second kappa shape index (κ2) is 3.50. The zero-order chi connectivity index (χ0) is 10.1. The molecule has 0 spiro atoms. The number of hydrogen-bond donors (Lipinski definition) is 3. The Morgan fingerprint density at radius 3 is 2.79 bits per heavy atom. The van der Waals surface area contributed by atoms with Crippen LogP contribution in [0.3, 0.4) is 0 Å². The smallest absolute Gasteiger partial charge is 0.120 e. The first-order valence-electron chi connectivity index (χ1n) is 5.01. The van der Waals surface area contributed by atoms with Gasteiger partial charge in [-0.1, -0.05) is 12.8 Å². The molecule has 0 unspecified atom stereocenters. The van der Waals surface area contributed by atoms with Gasteiger partial charge in [-0.05, 0) is 30.5 Å². The molecule has 1 aromatic rings. The van der Waals surface area contributed by atoms with Crippen molar-refractivity contribution in [2.75, 3.05) is 5.73 Å². The normalized spacial score (nSPS) is 18.1. The maximum Gasteiger partial charge on any atom is 0.120 e. The van der Waals surface area contributed by atoms with Crippen molar-refractivity contribution in [2.24, 2.45) is 11.7 Å². The van der Waals surface area contributed by atoms with Gasteiger partial charge >= 0.3 is 0 Å². The Kier molecular flexibility index (Phi) is 2.33. The first kappa shape index (κ1) is 9.34. The van der Waals surface area contributed by atoms with E-state index in [9.17, 15) is 5.11 Å². The molecule has 3 heteroatoms. The highest BCUT2D eigenvalue weighted by Gasteiger charge is 2.25. The van der Waals surface area contributed by atoms with Crippen LogP contribution in [0.4, 0.5) is 5.69 Å². The average molecular weight is 192 g/mol. The Morgan fingerprint density at radius 1 is 1.43 bits per heavy atom. The van der Waals surface area contributed by atoms with Crippen molar-refractivity contribution in [3.63, 3.8) is 0 Å². The molecular weight excluding hydrogens is 176 g/mol. The Morgan fingerprint density at radius 2 is 2.14 bits per heavy atom. The van der Waals surface area contributed by atoms with Crippen molar-refractivity contribution >= 4 is 5.69 Å². The number of aromatic hydroxyl groups is 1. The molecule has 2 rings (SSSR count). The SMILES string of the molecule is Nc1ccc(O)c([C@H](N)CC2CC2)c1. The Hall–Kier alpha value is -1.22. The van der Waals surface area contributed by atoms with Crippen LogP contribution in [0.25, 0.3) is 0 Å². The zero-order valence-corrected chi connectivity index (χ0v) is 8.11. The third-order valence-electron chi connectivity index (χ3n) is 2.74. The molecule has 1 atom stereocenters. The molecule has 0 radical (unpaired) electrons. The molecule has 1 aromatic carbocycles. The minimum atomic E-state index is -0.0778. The number of phenolic OH excluding ortho intramolecular Hbond substituents is 1. The van der Waals surface area contributed by atoms with Gasteiger partial charge < -0.3 is 16.6 Å². The number of nitrogens with two attached hydrogens (primary N) is 2. The molecule has 76 valence electrons. The third-order valence-corrected chi connectivity index (χ3v) is 2.74. The molecular formula is C11H16N2O. The number of anilines is 1. The lowest BCUT2D eigenvalue weighted by Gasteiger charge is -2.13. The number of phenols is 1. The summed E-state index contributed by atoms with van der Waals surface area (Å²) in [4.78, 5) is 0. The van der Waals surface area contributed by atoms with Crippen LogP contribution < -0.4 is 11.5 Å². The van der Waals surface area contributed by atoms with Crippen LogP contribution in [0.15, 0.2) is 18.2 Å². The van der Waals surface area contributed by atoms with Crippen molar-refractivity contribution in [2.45, 2.75) is 25.3 Å². The van der Waals surface area contributed by atoms with Gasteiger partial charge in [0.1, 0.15) is 5.75 Å². The van der Waals surface area contributed by atoms with Gasteiger partial charge in [0.25, 0.3) is 0 Å². The molecule has 0 aliphatic heterocycles. The van der Waals surface area contributed by atoms with E-state index < -0.39 is 0 Å². The van der Waals surface area contributed by atoms with E-state index in [1.807, 2.05) is 0 Å². The van der Waals surface area contributed by atoms with Crippen LogP contribution in [0.2, 0.25) is 0 Å². The van der Waals surface area contributed by atoms with Crippen LogP contribution >= 0.6 is 0 Å². The van der Waals surface area contributed by atoms with E-state index in [-0.39, 0.29) is 11.8 Å². The van der Waals surface area contributed by atoms with Gasteiger partial charge in [-0.2, -0.15) is 0 Å². The lowest BCUT2D eigenvalue weighted by Crippen LogP contribution is -2.11. The second-order valence-corrected chi connectivity index (χ2v) is 4.10. The number of nitrogen functional groups attached to an aromatic ring is 1. The molecule has 0 amide bonds. The van der Waals surface area contributed by atoms with Crippen molar-refractivity contribution in [1.82, 2.24) is 0 Å². The van der Waals surface area contributed by atoms with Crippen LogP contribution in [0.1, 0.15) is 30.9 Å². The molecule has 0 aromatic heterocycles. The van der Waals surface area contributed by atoms with Crippen molar-refractivity contribution in [3.05, 3.63) is 23.8 Å². The molecule has 0 heterocycles. The van der Waals surface area contributed by atoms with Gasteiger partial charge in [-0.3, -0.25) is 0 Å². The molecule has 5 N–H and O–H groups in total.